The first-order chi connectivity index (χ1) is 28.2. The van der Waals surface area contributed by atoms with E-state index in [4.69, 9.17) is 19.9 Å². The molecule has 0 spiro atoms. The van der Waals surface area contributed by atoms with E-state index in [0.29, 0.717) is 25.0 Å². The van der Waals surface area contributed by atoms with Crippen molar-refractivity contribution in [2.45, 2.75) is 252 Å². The zero-order chi connectivity index (χ0) is 40.7. The van der Waals surface area contributed by atoms with Gasteiger partial charge in [-0.05, 0) is 31.4 Å². The second-order valence-electron chi connectivity index (χ2n) is 17.0. The molecule has 7 heteroatoms. The van der Waals surface area contributed by atoms with E-state index in [2.05, 4.69) is 43.1 Å². The van der Waals surface area contributed by atoms with Crippen molar-refractivity contribution in [2.75, 3.05) is 25.6 Å². The van der Waals surface area contributed by atoms with Crippen molar-refractivity contribution in [2.24, 2.45) is 0 Å². The molecule has 0 unspecified atom stereocenters. The first-order valence-corrected chi connectivity index (χ1v) is 25.7. The fraction of sp³-hybridized carbons (Fsp3) is 0.840. The Morgan fingerprint density at radius 3 is 0.947 bits per heavy atom. The van der Waals surface area contributed by atoms with Gasteiger partial charge in [0.1, 0.15) is 5.01 Å². The molecule has 57 heavy (non-hydrogen) atoms. The van der Waals surface area contributed by atoms with Crippen LogP contribution in [0.5, 0.6) is 17.2 Å². The summed E-state index contributed by atoms with van der Waals surface area (Å²) in [5.74, 6) is 2.26. The molecule has 0 bridgehead atoms. The molecule has 330 valence electrons. The van der Waals surface area contributed by atoms with Gasteiger partial charge in [0.2, 0.25) is 10.9 Å². The zero-order valence-corrected chi connectivity index (χ0v) is 38.7. The summed E-state index contributed by atoms with van der Waals surface area (Å²) in [5, 5.41) is 9.72. The van der Waals surface area contributed by atoms with Crippen molar-refractivity contribution in [1.82, 2.24) is 10.2 Å². The van der Waals surface area contributed by atoms with Crippen LogP contribution in [0.2, 0.25) is 0 Å². The lowest BCUT2D eigenvalue weighted by Crippen LogP contribution is -2.06. The molecule has 0 fully saturated rings. The maximum absolute atomic E-state index is 6.58. The van der Waals surface area contributed by atoms with Gasteiger partial charge in [-0.25, -0.2) is 0 Å². The molecule has 2 aromatic rings. The molecule has 0 atom stereocenters. The van der Waals surface area contributed by atoms with Crippen molar-refractivity contribution in [3.63, 3.8) is 0 Å². The summed E-state index contributed by atoms with van der Waals surface area (Å²) in [6, 6.07) is 4.13. The lowest BCUT2D eigenvalue weighted by Gasteiger charge is -2.18. The summed E-state index contributed by atoms with van der Waals surface area (Å²) >= 11 is 1.40. The number of nitrogens with two attached hydrogens (primary N) is 1. The Labute approximate surface area is 357 Å². The van der Waals surface area contributed by atoms with E-state index in [9.17, 15) is 0 Å². The van der Waals surface area contributed by atoms with Crippen LogP contribution in [0.3, 0.4) is 0 Å². The van der Waals surface area contributed by atoms with Gasteiger partial charge in [-0.1, -0.05) is 244 Å². The Balaban J connectivity index is 1.89. The molecule has 0 aliphatic heterocycles. The summed E-state index contributed by atoms with van der Waals surface area (Å²) < 4.78 is 19.7. The third-order valence-electron chi connectivity index (χ3n) is 11.5. The number of aromatic nitrogens is 2. The number of nitrogens with zero attached hydrogens (tertiary/aromatic N) is 2. The Morgan fingerprint density at radius 1 is 0.386 bits per heavy atom. The minimum absolute atomic E-state index is 0.468. The minimum Gasteiger partial charge on any atom is -0.490 e. The molecule has 0 radical (unpaired) electrons. The number of ether oxygens (including phenoxy) is 3. The monoisotopic (exact) mass is 814 g/mol. The van der Waals surface area contributed by atoms with E-state index >= 15 is 0 Å². The van der Waals surface area contributed by atoms with Crippen LogP contribution in [0.25, 0.3) is 10.6 Å². The van der Waals surface area contributed by atoms with E-state index < -0.39 is 0 Å². The highest BCUT2D eigenvalue weighted by Gasteiger charge is 2.19. The first kappa shape index (κ1) is 51.1. The van der Waals surface area contributed by atoms with Gasteiger partial charge in [0, 0.05) is 5.56 Å². The van der Waals surface area contributed by atoms with E-state index in [-0.39, 0.29) is 0 Å². The predicted octanol–water partition coefficient (Wildman–Crippen LogP) is 17.0. The van der Waals surface area contributed by atoms with Gasteiger partial charge in [0.25, 0.3) is 0 Å². The second-order valence-corrected chi connectivity index (χ2v) is 18.0. The second kappa shape index (κ2) is 38.2. The van der Waals surface area contributed by atoms with Crippen molar-refractivity contribution in [3.8, 4) is 27.8 Å². The summed E-state index contributed by atoms with van der Waals surface area (Å²) in [7, 11) is 0. The highest BCUT2D eigenvalue weighted by Crippen LogP contribution is 2.43. The summed E-state index contributed by atoms with van der Waals surface area (Å²) in [6.07, 6.45) is 47.8. The quantitative estimate of drug-likeness (QED) is 0.0672. The Hall–Kier alpha value is -2.02. The molecule has 6 nitrogen and oxygen atoms in total. The fourth-order valence-electron chi connectivity index (χ4n) is 7.78. The smallest absolute Gasteiger partial charge is 0.203 e. The lowest BCUT2D eigenvalue weighted by molar-refractivity contribution is 0.234. The normalized spacial score (nSPS) is 11.4. The van der Waals surface area contributed by atoms with Crippen molar-refractivity contribution in [1.29, 1.82) is 0 Å². The number of hydrogen-bond acceptors (Lipinski definition) is 7. The molecule has 0 amide bonds. The lowest BCUT2D eigenvalue weighted by atomic mass is 10.1. The Bertz CT molecular complexity index is 1110. The summed E-state index contributed by atoms with van der Waals surface area (Å²) in [5.41, 5.74) is 6.95. The molecule has 0 aliphatic rings. The average molecular weight is 814 g/mol. The molecular formula is C50H91N3O3S. The van der Waals surface area contributed by atoms with Gasteiger partial charge >= 0.3 is 0 Å². The topological polar surface area (TPSA) is 79.5 Å². The van der Waals surface area contributed by atoms with Crippen LogP contribution in [0.4, 0.5) is 5.13 Å². The fourth-order valence-corrected chi connectivity index (χ4v) is 8.37. The number of nitrogen functional groups attached to an aromatic ring is 1. The highest BCUT2D eigenvalue weighted by molar-refractivity contribution is 7.18. The molecule has 1 aromatic carbocycles. The summed E-state index contributed by atoms with van der Waals surface area (Å²) in [6.45, 7) is 8.89. The number of rotatable bonds is 43. The average Bonchev–Trinajstić information content (AvgIpc) is 3.66. The number of anilines is 1. The van der Waals surface area contributed by atoms with Crippen LogP contribution in [-0.2, 0) is 0 Å². The molecule has 2 rings (SSSR count). The maximum Gasteiger partial charge on any atom is 0.203 e. The van der Waals surface area contributed by atoms with Crippen molar-refractivity contribution >= 4 is 16.5 Å². The third-order valence-corrected chi connectivity index (χ3v) is 12.3. The van der Waals surface area contributed by atoms with Crippen molar-refractivity contribution < 1.29 is 14.2 Å². The van der Waals surface area contributed by atoms with E-state index in [0.717, 1.165) is 47.1 Å². The van der Waals surface area contributed by atoms with Gasteiger partial charge in [-0.3, -0.25) is 0 Å². The van der Waals surface area contributed by atoms with Crippen LogP contribution in [0.15, 0.2) is 12.1 Å². The molecule has 0 saturated carbocycles. The van der Waals surface area contributed by atoms with E-state index in [1.54, 1.807) is 0 Å². The van der Waals surface area contributed by atoms with Crippen LogP contribution in [0.1, 0.15) is 252 Å². The van der Waals surface area contributed by atoms with Crippen LogP contribution in [0, 0.1) is 0 Å². The van der Waals surface area contributed by atoms with Crippen LogP contribution >= 0.6 is 11.3 Å². The molecule has 2 N–H and O–H groups in total. The van der Waals surface area contributed by atoms with Crippen LogP contribution in [-0.4, -0.2) is 30.0 Å². The highest BCUT2D eigenvalue weighted by atomic mass is 32.1. The number of hydrogen-bond donors (Lipinski definition) is 1. The minimum atomic E-state index is 0.468. The molecule has 1 heterocycles. The molecule has 0 aliphatic carbocycles. The third kappa shape index (κ3) is 28.2. The van der Waals surface area contributed by atoms with Gasteiger partial charge in [-0.2, -0.15) is 0 Å². The first-order valence-electron chi connectivity index (χ1n) is 24.8. The molecule has 1 aromatic heterocycles. The Kier molecular flexibility index (Phi) is 34.3. The van der Waals surface area contributed by atoms with Gasteiger partial charge in [0.05, 0.1) is 19.8 Å². The Morgan fingerprint density at radius 2 is 0.667 bits per heavy atom. The predicted molar refractivity (Wildman–Crippen MR) is 249 cm³/mol. The van der Waals surface area contributed by atoms with Crippen LogP contribution < -0.4 is 19.9 Å². The number of unbranched alkanes of at least 4 members (excludes halogenated alkanes) is 33. The largest absolute Gasteiger partial charge is 0.490 e. The molecular weight excluding hydrogens is 723 g/mol. The maximum atomic E-state index is 6.58. The molecule has 0 saturated heterocycles. The van der Waals surface area contributed by atoms with Crippen molar-refractivity contribution in [3.05, 3.63) is 12.1 Å². The van der Waals surface area contributed by atoms with E-state index in [1.807, 2.05) is 0 Å². The standard InChI is InChI=1S/C50H91N3O3S/c1-4-7-10-13-16-19-22-25-28-31-34-37-40-54-46-43-45(49-52-53-50(51)57-49)44-47(55-41-38-35-32-29-26-23-20-17-14-11-8-5-2)48(46)56-42-39-36-33-30-27-24-21-18-15-12-9-6-3/h43-44H,4-42H2,1-3H3,(H2,51,53). The zero-order valence-electron chi connectivity index (χ0n) is 37.8. The van der Waals surface area contributed by atoms with E-state index in [1.165, 1.54) is 223 Å². The van der Waals surface area contributed by atoms with Gasteiger partial charge < -0.3 is 19.9 Å². The van der Waals surface area contributed by atoms with Gasteiger partial charge in [-0.15, -0.1) is 10.2 Å². The van der Waals surface area contributed by atoms with Gasteiger partial charge in [0.15, 0.2) is 11.5 Å². The SMILES string of the molecule is CCCCCCCCCCCCCCOc1cc(-c2nnc(N)s2)cc(OCCCCCCCCCCCCCC)c1OCCCCCCCCCCCCCC. The summed E-state index contributed by atoms with van der Waals surface area (Å²) in [4.78, 5) is 0. The number of benzene rings is 1.